The number of ether oxygens (including phenoxy) is 2. The molecule has 0 saturated carbocycles. The largest absolute Gasteiger partial charge is 1.00 e. The molecule has 3 aromatic carbocycles. The molecule has 0 unspecified atom stereocenters. The third kappa shape index (κ3) is 5.93. The molecule has 3 N–H and O–H groups in total. The van der Waals surface area contributed by atoms with Crippen LogP contribution >= 0.6 is 15.9 Å². The summed E-state index contributed by atoms with van der Waals surface area (Å²) in [6.07, 6.45) is 0. The van der Waals surface area contributed by atoms with Crippen LogP contribution in [0.1, 0.15) is 0 Å². The minimum atomic E-state index is -4.29. The van der Waals surface area contributed by atoms with Gasteiger partial charge in [-0.3, -0.25) is 9.10 Å². The van der Waals surface area contributed by atoms with E-state index < -0.39 is 22.5 Å². The van der Waals surface area contributed by atoms with Gasteiger partial charge in [0.15, 0.2) is 4.90 Å². The van der Waals surface area contributed by atoms with Gasteiger partial charge in [0.25, 0.3) is 10.0 Å². The number of sulfonamides is 1. The Hall–Kier alpha value is -2.96. The molecule has 0 saturated heterocycles. The lowest BCUT2D eigenvalue weighted by Crippen LogP contribution is -3.00. The van der Waals surface area contributed by atoms with Crippen molar-refractivity contribution >= 4 is 48.9 Å². The number of carbonyl (C=O) groups excluding carboxylic acids is 1. The second-order valence-electron chi connectivity index (χ2n) is 6.70. The number of anilines is 2. The summed E-state index contributed by atoms with van der Waals surface area (Å²) in [5.74, 6) is 0.0847. The van der Waals surface area contributed by atoms with Gasteiger partial charge in [0.2, 0.25) is 11.6 Å². The van der Waals surface area contributed by atoms with Crippen LogP contribution in [0.15, 0.2) is 76.1 Å². The van der Waals surface area contributed by atoms with Crippen LogP contribution in [0.2, 0.25) is 0 Å². The number of amides is 1. The van der Waals surface area contributed by atoms with Crippen LogP contribution in [0.3, 0.4) is 0 Å². The topological polar surface area (TPSA) is 123 Å². The zero-order valence-electron chi connectivity index (χ0n) is 18.2. The Kier molecular flexibility index (Phi) is 9.59. The Balaban J connectivity index is 0.00000408. The van der Waals surface area contributed by atoms with Gasteiger partial charge < -0.3 is 31.8 Å². The minimum absolute atomic E-state index is 0. The van der Waals surface area contributed by atoms with Crippen LogP contribution in [0, 0.1) is 5.53 Å². The zero-order chi connectivity index (χ0) is 24.0. The van der Waals surface area contributed by atoms with E-state index >= 15 is 0 Å². The van der Waals surface area contributed by atoms with Gasteiger partial charge in [-0.1, -0.05) is 29.8 Å². The fraction of sp³-hybridized carbons (Fsp3) is 0.136. The molecule has 12 heteroatoms. The third-order valence-electron chi connectivity index (χ3n) is 4.68. The van der Waals surface area contributed by atoms with Crippen molar-refractivity contribution in [2.75, 3.05) is 30.4 Å². The van der Waals surface area contributed by atoms with E-state index in [1.165, 1.54) is 44.6 Å². The molecule has 0 aromatic heterocycles. The predicted octanol–water partition coefficient (Wildman–Crippen LogP) is 0.0474. The van der Waals surface area contributed by atoms with E-state index in [0.717, 1.165) is 4.31 Å². The van der Waals surface area contributed by atoms with Crippen LogP contribution in [0.25, 0.3) is 0 Å². The number of halogens is 2. The number of carbonyl (C=O) groups is 1. The molecular formula is C22H22Br2N4O5S. The van der Waals surface area contributed by atoms with E-state index in [0.29, 0.717) is 15.9 Å². The van der Waals surface area contributed by atoms with Gasteiger partial charge >= 0.3 is 0 Å². The van der Waals surface area contributed by atoms with Crippen LogP contribution in [0.5, 0.6) is 11.5 Å². The highest BCUT2D eigenvalue weighted by Crippen LogP contribution is 2.36. The van der Waals surface area contributed by atoms with E-state index in [9.17, 15) is 13.2 Å². The normalized spacial score (nSPS) is 10.6. The van der Waals surface area contributed by atoms with Gasteiger partial charge in [-0.15, -0.1) is 5.11 Å². The highest BCUT2D eigenvalue weighted by atomic mass is 79.9. The van der Waals surface area contributed by atoms with Crippen molar-refractivity contribution in [3.63, 3.8) is 0 Å². The van der Waals surface area contributed by atoms with Gasteiger partial charge in [-0.25, -0.2) is 8.42 Å². The lowest BCUT2D eigenvalue weighted by molar-refractivity contribution is -0.468. The van der Waals surface area contributed by atoms with Gasteiger partial charge in [0.1, 0.15) is 18.0 Å². The van der Waals surface area contributed by atoms with Crippen molar-refractivity contribution < 1.29 is 44.8 Å². The first kappa shape index (κ1) is 27.3. The van der Waals surface area contributed by atoms with Crippen LogP contribution in [-0.4, -0.2) is 35.1 Å². The smallest absolute Gasteiger partial charge is 0.271 e. The molecule has 0 aliphatic heterocycles. The van der Waals surface area contributed by atoms with Crippen molar-refractivity contribution in [3.05, 3.63) is 71.2 Å². The Morgan fingerprint density at radius 2 is 1.74 bits per heavy atom. The number of methoxy groups -OCH3 is 2. The molecule has 3 rings (SSSR count). The van der Waals surface area contributed by atoms with Gasteiger partial charge in [0, 0.05) is 16.6 Å². The summed E-state index contributed by atoms with van der Waals surface area (Å²) in [4.78, 5) is 12.8. The summed E-state index contributed by atoms with van der Waals surface area (Å²) < 4.78 is 39.6. The summed E-state index contributed by atoms with van der Waals surface area (Å²) in [6, 6.07) is 17.6. The van der Waals surface area contributed by atoms with Crippen molar-refractivity contribution in [2.24, 2.45) is 0 Å². The third-order valence-corrected chi connectivity index (χ3v) is 7.19. The molecule has 9 nitrogen and oxygen atoms in total. The summed E-state index contributed by atoms with van der Waals surface area (Å²) >= 11 is 3.36. The van der Waals surface area contributed by atoms with Gasteiger partial charge in [-0.2, -0.15) is 0 Å². The van der Waals surface area contributed by atoms with E-state index in [2.05, 4.69) is 26.4 Å². The molecule has 0 heterocycles. The quantitative estimate of drug-likeness (QED) is 0.294. The second-order valence-corrected chi connectivity index (χ2v) is 9.38. The van der Waals surface area contributed by atoms with Crippen molar-refractivity contribution in [2.45, 2.75) is 4.90 Å². The average Bonchev–Trinajstić information content (AvgIpc) is 2.83. The number of hydrogen-bond donors (Lipinski definition) is 3. The zero-order valence-corrected chi connectivity index (χ0v) is 22.2. The maximum absolute atomic E-state index is 13.7. The minimum Gasteiger partial charge on any atom is -1.00 e. The molecule has 0 atom stereocenters. The molecule has 0 radical (unpaired) electrons. The summed E-state index contributed by atoms with van der Waals surface area (Å²) in [6.45, 7) is -0.543. The molecule has 0 spiro atoms. The highest BCUT2D eigenvalue weighted by molar-refractivity contribution is 9.10. The molecule has 34 heavy (non-hydrogen) atoms. The molecule has 0 aliphatic carbocycles. The monoisotopic (exact) mass is 612 g/mol. The van der Waals surface area contributed by atoms with E-state index in [1.807, 2.05) is 0 Å². The Labute approximate surface area is 216 Å². The second kappa shape index (κ2) is 12.0. The van der Waals surface area contributed by atoms with Crippen LogP contribution in [0.4, 0.5) is 17.1 Å². The fourth-order valence-corrected chi connectivity index (χ4v) is 5.05. The molecule has 3 aromatic rings. The van der Waals surface area contributed by atoms with Crippen molar-refractivity contribution in [3.8, 4) is 11.5 Å². The maximum atomic E-state index is 13.7. The van der Waals surface area contributed by atoms with E-state index in [4.69, 9.17) is 15.0 Å². The molecular weight excluding hydrogens is 592 g/mol. The maximum Gasteiger partial charge on any atom is 0.271 e. The fourth-order valence-electron chi connectivity index (χ4n) is 3.09. The summed E-state index contributed by atoms with van der Waals surface area (Å²) in [5.41, 5.74) is 8.20. The van der Waals surface area contributed by atoms with Crippen molar-refractivity contribution in [1.29, 1.82) is 5.53 Å². The first-order valence-electron chi connectivity index (χ1n) is 9.62. The number of nitrogens with one attached hydrogen (secondary N) is 3. The first-order chi connectivity index (χ1) is 15.8. The SMILES string of the molecule is COc1ccc(N(CC(=O)Nc2ccccc2Br)S(=O)(=O)c2ccccc2[NH+]=N)c(OC)c1.[Br-]. The predicted molar refractivity (Wildman–Crippen MR) is 127 cm³/mol. The molecule has 1 amide bonds. The average molecular weight is 614 g/mol. The lowest BCUT2D eigenvalue weighted by Gasteiger charge is -2.25. The molecule has 0 aliphatic rings. The number of benzene rings is 3. The van der Waals surface area contributed by atoms with E-state index in [1.54, 1.807) is 36.4 Å². The lowest BCUT2D eigenvalue weighted by atomic mass is 10.2. The van der Waals surface area contributed by atoms with Gasteiger partial charge in [0.05, 0.1) is 25.6 Å². The molecule has 0 bridgehead atoms. The van der Waals surface area contributed by atoms with Crippen LogP contribution in [-0.2, 0) is 14.8 Å². The standard InChI is InChI=1S/C22H21BrN4O5S.BrH/c1-31-15-11-12-19(20(13-15)32-2)27(14-22(28)25-17-8-4-3-7-16(17)23)33(29,30)21-10-6-5-9-18(21)26-24;/h3-13,24H,14H2,1-2H3,(H,25,28);1H. The summed E-state index contributed by atoms with van der Waals surface area (Å²) in [7, 11) is -1.42. The van der Waals surface area contributed by atoms with Crippen molar-refractivity contribution in [1.82, 2.24) is 0 Å². The molecule has 0 fully saturated rings. The number of hydrogen-bond acceptors (Lipinski definition) is 6. The highest BCUT2D eigenvalue weighted by Gasteiger charge is 2.33. The molecule has 180 valence electrons. The van der Waals surface area contributed by atoms with Gasteiger partial charge in [-0.05, 0) is 46.3 Å². The Morgan fingerprint density at radius 3 is 2.38 bits per heavy atom. The van der Waals surface area contributed by atoms with E-state index in [-0.39, 0.29) is 39.0 Å². The number of rotatable bonds is 9. The Morgan fingerprint density at radius 1 is 1.06 bits per heavy atom. The number of para-hydroxylation sites is 2. The summed E-state index contributed by atoms with van der Waals surface area (Å²) in [5, 5.41) is 4.85. The Bertz CT molecular complexity index is 1290. The first-order valence-corrected chi connectivity index (χ1v) is 11.9. The van der Waals surface area contributed by atoms with Crippen LogP contribution < -0.4 is 41.2 Å². The number of nitrogens with zero attached hydrogens (tertiary/aromatic N) is 1.